The molecule has 5 heteroatoms. The second-order valence-electron chi connectivity index (χ2n) is 6.48. The number of hydrogen-bond donors (Lipinski definition) is 1. The number of aliphatic hydroxyl groups is 1. The number of unbranched alkanes of at least 4 members (excludes halogenated alkanes) is 5. The molecule has 0 radical (unpaired) electrons. The van der Waals surface area contributed by atoms with Gasteiger partial charge in [-0.1, -0.05) is 57.2 Å². The summed E-state index contributed by atoms with van der Waals surface area (Å²) >= 11 is 0. The number of hydrogen-bond acceptors (Lipinski definition) is 5. The van der Waals surface area contributed by atoms with Gasteiger partial charge in [-0.15, -0.1) is 0 Å². The lowest BCUT2D eigenvalue weighted by molar-refractivity contribution is -0.147. The molecule has 0 aromatic heterocycles. The van der Waals surface area contributed by atoms with Crippen molar-refractivity contribution in [1.29, 1.82) is 0 Å². The molecule has 1 aromatic carbocycles. The third kappa shape index (κ3) is 4.75. The predicted octanol–water partition coefficient (Wildman–Crippen LogP) is 3.12. The maximum Gasteiger partial charge on any atom is 0.331 e. The normalized spacial score (nSPS) is 16.2. The van der Waals surface area contributed by atoms with Crippen LogP contribution in [0.3, 0.4) is 0 Å². The van der Waals surface area contributed by atoms with E-state index in [0.29, 0.717) is 11.1 Å². The quantitative estimate of drug-likeness (QED) is 0.400. The molecule has 0 spiro atoms. The molecule has 0 amide bonds. The summed E-state index contributed by atoms with van der Waals surface area (Å²) < 4.78 is 4.79. The Morgan fingerprint density at radius 2 is 1.80 bits per heavy atom. The van der Waals surface area contributed by atoms with Gasteiger partial charge in [0.1, 0.15) is 19.1 Å². The van der Waals surface area contributed by atoms with Crippen LogP contribution in [0, 0.1) is 5.92 Å². The molecular formula is C20H26O5. The summed E-state index contributed by atoms with van der Waals surface area (Å²) in [4.78, 5) is 36.1. The van der Waals surface area contributed by atoms with Crippen LogP contribution >= 0.6 is 0 Å². The smallest absolute Gasteiger partial charge is 0.331 e. The monoisotopic (exact) mass is 346 g/mol. The van der Waals surface area contributed by atoms with Crippen molar-refractivity contribution >= 4 is 17.5 Å². The number of rotatable bonds is 10. The van der Waals surface area contributed by atoms with Gasteiger partial charge < -0.3 is 9.84 Å². The van der Waals surface area contributed by atoms with Crippen molar-refractivity contribution < 1.29 is 24.2 Å². The largest absolute Gasteiger partial charge is 0.463 e. The lowest BCUT2D eigenvalue weighted by atomic mass is 9.97. The molecule has 25 heavy (non-hydrogen) atoms. The van der Waals surface area contributed by atoms with E-state index in [1.165, 1.54) is 25.7 Å². The van der Waals surface area contributed by atoms with Crippen molar-refractivity contribution in [2.75, 3.05) is 13.2 Å². The minimum Gasteiger partial charge on any atom is -0.463 e. The fourth-order valence-electron chi connectivity index (χ4n) is 3.25. The molecule has 0 bridgehead atoms. The van der Waals surface area contributed by atoms with Crippen LogP contribution in [0.2, 0.25) is 0 Å². The second-order valence-corrected chi connectivity index (χ2v) is 6.48. The average Bonchev–Trinajstić information content (AvgIpc) is 2.87. The number of ketones is 2. The van der Waals surface area contributed by atoms with Crippen molar-refractivity contribution in [3.63, 3.8) is 0 Å². The molecule has 1 unspecified atom stereocenters. The topological polar surface area (TPSA) is 80.7 Å². The Balaban J connectivity index is 2.00. The molecule has 2 rings (SSSR count). The van der Waals surface area contributed by atoms with Gasteiger partial charge in [0.05, 0.1) is 0 Å². The Morgan fingerprint density at radius 1 is 1.08 bits per heavy atom. The minimum atomic E-state index is -0.976. The van der Waals surface area contributed by atoms with Gasteiger partial charge in [0.2, 0.25) is 0 Å². The van der Waals surface area contributed by atoms with E-state index in [-0.39, 0.29) is 18.2 Å². The molecule has 0 saturated carbocycles. The zero-order valence-electron chi connectivity index (χ0n) is 14.8. The standard InChI is InChI=1S/C20H26O5/c1-2-3-4-5-6-7-9-14-10-8-11-15-18(14)20(24)16(19(15)23)13-25-17(22)12-21/h8,10-11,16,21H,2-7,9,12-13H2,1H3. The summed E-state index contributed by atoms with van der Waals surface area (Å²) in [7, 11) is 0. The van der Waals surface area contributed by atoms with Crippen LogP contribution in [0.5, 0.6) is 0 Å². The van der Waals surface area contributed by atoms with E-state index < -0.39 is 18.5 Å². The van der Waals surface area contributed by atoms with Crippen molar-refractivity contribution in [1.82, 2.24) is 0 Å². The van der Waals surface area contributed by atoms with Crippen molar-refractivity contribution in [3.05, 3.63) is 34.9 Å². The molecule has 1 N–H and O–H groups in total. The fourth-order valence-corrected chi connectivity index (χ4v) is 3.25. The van der Waals surface area contributed by atoms with E-state index in [1.807, 2.05) is 6.07 Å². The van der Waals surface area contributed by atoms with Gasteiger partial charge >= 0.3 is 5.97 Å². The van der Waals surface area contributed by atoms with Crippen LogP contribution in [-0.4, -0.2) is 35.9 Å². The number of Topliss-reactive ketones (excluding diaryl/α,β-unsaturated/α-hetero) is 2. The van der Waals surface area contributed by atoms with E-state index >= 15 is 0 Å². The highest BCUT2D eigenvalue weighted by molar-refractivity contribution is 6.27. The first kappa shape index (κ1) is 19.3. The Labute approximate surface area is 148 Å². The lowest BCUT2D eigenvalue weighted by Crippen LogP contribution is -2.24. The van der Waals surface area contributed by atoms with E-state index in [9.17, 15) is 14.4 Å². The zero-order chi connectivity index (χ0) is 18.2. The predicted molar refractivity (Wildman–Crippen MR) is 93.7 cm³/mol. The Bertz CT molecular complexity index is 635. The molecule has 1 atom stereocenters. The number of aryl methyl sites for hydroxylation is 1. The first-order valence-corrected chi connectivity index (χ1v) is 9.07. The Hall–Kier alpha value is -2.01. The third-order valence-electron chi connectivity index (χ3n) is 4.64. The van der Waals surface area contributed by atoms with Crippen LogP contribution in [0.25, 0.3) is 0 Å². The third-order valence-corrected chi connectivity index (χ3v) is 4.64. The highest BCUT2D eigenvalue weighted by Gasteiger charge is 2.40. The van der Waals surface area contributed by atoms with E-state index in [4.69, 9.17) is 9.84 Å². The number of carbonyl (C=O) groups is 3. The van der Waals surface area contributed by atoms with E-state index in [0.717, 1.165) is 24.8 Å². The average molecular weight is 346 g/mol. The highest BCUT2D eigenvalue weighted by atomic mass is 16.5. The molecule has 136 valence electrons. The number of aliphatic hydroxyl groups excluding tert-OH is 1. The summed E-state index contributed by atoms with van der Waals surface area (Å²) in [6, 6.07) is 5.37. The summed E-state index contributed by atoms with van der Waals surface area (Å²) in [5.74, 6) is -2.37. The molecule has 5 nitrogen and oxygen atoms in total. The van der Waals surface area contributed by atoms with Gasteiger partial charge in [0.15, 0.2) is 11.6 Å². The van der Waals surface area contributed by atoms with Crippen molar-refractivity contribution in [2.24, 2.45) is 5.92 Å². The van der Waals surface area contributed by atoms with Crippen molar-refractivity contribution in [2.45, 2.75) is 51.9 Å². The van der Waals surface area contributed by atoms with E-state index in [2.05, 4.69) is 6.92 Å². The van der Waals surface area contributed by atoms with Crippen LogP contribution in [0.4, 0.5) is 0 Å². The SMILES string of the molecule is CCCCCCCCc1cccc2c1C(=O)C(COC(=O)CO)C2=O. The Kier molecular flexibility index (Phi) is 7.31. The summed E-state index contributed by atoms with van der Waals surface area (Å²) in [6.07, 6.45) is 7.77. The highest BCUT2D eigenvalue weighted by Crippen LogP contribution is 2.30. The van der Waals surface area contributed by atoms with E-state index in [1.54, 1.807) is 12.1 Å². The van der Waals surface area contributed by atoms with Crippen molar-refractivity contribution in [3.8, 4) is 0 Å². The zero-order valence-corrected chi connectivity index (χ0v) is 14.8. The number of fused-ring (bicyclic) bond motifs is 1. The Morgan fingerprint density at radius 3 is 2.52 bits per heavy atom. The second kappa shape index (κ2) is 9.47. The van der Waals surface area contributed by atoms with Gasteiger partial charge in [-0.05, 0) is 18.4 Å². The number of ether oxygens (including phenoxy) is 1. The molecule has 1 aromatic rings. The molecule has 1 aliphatic rings. The molecule has 1 aliphatic carbocycles. The summed E-state index contributed by atoms with van der Waals surface area (Å²) in [5, 5.41) is 8.69. The van der Waals surface area contributed by atoms with Gasteiger partial charge in [0, 0.05) is 11.1 Å². The van der Waals surface area contributed by atoms with Crippen LogP contribution < -0.4 is 0 Å². The lowest BCUT2D eigenvalue weighted by Gasteiger charge is -2.08. The number of benzene rings is 1. The summed E-state index contributed by atoms with van der Waals surface area (Å²) in [6.45, 7) is 1.12. The molecule has 0 saturated heterocycles. The first-order chi connectivity index (χ1) is 12.1. The number of carbonyl (C=O) groups excluding carboxylic acids is 3. The molecule has 0 fully saturated rings. The molecule has 0 heterocycles. The molecule has 0 aliphatic heterocycles. The van der Waals surface area contributed by atoms with Crippen LogP contribution in [-0.2, 0) is 16.0 Å². The van der Waals surface area contributed by atoms with Crippen LogP contribution in [0.15, 0.2) is 18.2 Å². The first-order valence-electron chi connectivity index (χ1n) is 9.07. The van der Waals surface area contributed by atoms with Gasteiger partial charge in [-0.3, -0.25) is 9.59 Å². The molecular weight excluding hydrogens is 320 g/mol. The number of esters is 1. The van der Waals surface area contributed by atoms with Gasteiger partial charge in [-0.25, -0.2) is 4.79 Å². The van der Waals surface area contributed by atoms with Gasteiger partial charge in [-0.2, -0.15) is 0 Å². The maximum absolute atomic E-state index is 12.6. The van der Waals surface area contributed by atoms with Gasteiger partial charge in [0.25, 0.3) is 0 Å². The maximum atomic E-state index is 12.6. The minimum absolute atomic E-state index is 0.271. The summed E-state index contributed by atoms with van der Waals surface area (Å²) in [5.41, 5.74) is 1.83. The fraction of sp³-hybridized carbons (Fsp3) is 0.550. The van der Waals surface area contributed by atoms with Crippen LogP contribution in [0.1, 0.15) is 71.7 Å².